The molecule has 0 radical (unpaired) electrons. The molecule has 2 aromatic carbocycles. The van der Waals surface area contributed by atoms with Crippen LogP contribution in [-0.4, -0.2) is 16.1 Å². The van der Waals surface area contributed by atoms with Crippen LogP contribution in [0.3, 0.4) is 0 Å². The predicted molar refractivity (Wildman–Crippen MR) is 75.2 cm³/mol. The molecule has 20 heavy (non-hydrogen) atoms. The van der Waals surface area contributed by atoms with Crippen LogP contribution in [-0.2, 0) is 13.0 Å². The molecule has 0 saturated heterocycles. The summed E-state index contributed by atoms with van der Waals surface area (Å²) >= 11 is 0. The Hall–Kier alpha value is -2.49. The molecule has 0 saturated carbocycles. The summed E-state index contributed by atoms with van der Waals surface area (Å²) in [4.78, 5) is 10.7. The maximum Gasteiger partial charge on any atom is 0.150 e. The number of fused-ring (bicyclic) bond motifs is 1. The van der Waals surface area contributed by atoms with E-state index in [9.17, 15) is 9.18 Å². The molecule has 1 aromatic heterocycles. The Balaban J connectivity index is 1.80. The molecule has 4 heteroatoms. The fraction of sp³-hybridized carbons (Fsp3) is 0.125. The summed E-state index contributed by atoms with van der Waals surface area (Å²) in [5.74, 6) is -0.223. The zero-order valence-electron chi connectivity index (χ0n) is 10.8. The molecule has 100 valence electrons. The third-order valence-electron chi connectivity index (χ3n) is 3.33. The number of hydrogen-bond acceptors (Lipinski definition) is 2. The standard InChI is InChI=1S/C16H13FN2O/c17-15-4-1-12(2-5-15)7-8-19-16-6-3-13(11-20)9-14(16)10-18-19/h1-6,9-11H,7-8H2. The molecule has 1 heterocycles. The summed E-state index contributed by atoms with van der Waals surface area (Å²) in [6.45, 7) is 0.718. The monoisotopic (exact) mass is 268 g/mol. The van der Waals surface area contributed by atoms with Crippen molar-refractivity contribution in [3.8, 4) is 0 Å². The summed E-state index contributed by atoms with van der Waals surface area (Å²) in [5.41, 5.74) is 2.72. The van der Waals surface area contributed by atoms with E-state index in [1.807, 2.05) is 16.8 Å². The first-order chi connectivity index (χ1) is 9.76. The molecule has 0 atom stereocenters. The SMILES string of the molecule is O=Cc1ccc2c(cnn2CCc2ccc(F)cc2)c1. The molecule has 0 aliphatic rings. The molecular weight excluding hydrogens is 255 g/mol. The Kier molecular flexibility index (Phi) is 3.29. The van der Waals surface area contributed by atoms with Crippen molar-refractivity contribution >= 4 is 17.2 Å². The number of aldehydes is 1. The van der Waals surface area contributed by atoms with Gasteiger partial charge in [-0.05, 0) is 42.3 Å². The molecule has 0 amide bonds. The number of halogens is 1. The number of carbonyl (C=O) groups is 1. The average molecular weight is 268 g/mol. The van der Waals surface area contributed by atoms with Crippen LogP contribution in [0.25, 0.3) is 10.9 Å². The van der Waals surface area contributed by atoms with Gasteiger partial charge in [0.2, 0.25) is 0 Å². The zero-order chi connectivity index (χ0) is 13.9. The number of hydrogen-bond donors (Lipinski definition) is 0. The molecule has 0 aliphatic heterocycles. The lowest BCUT2D eigenvalue weighted by Gasteiger charge is -2.04. The summed E-state index contributed by atoms with van der Waals surface area (Å²) in [6.07, 6.45) is 3.37. The summed E-state index contributed by atoms with van der Waals surface area (Å²) in [5, 5.41) is 5.28. The van der Waals surface area contributed by atoms with Crippen molar-refractivity contribution < 1.29 is 9.18 Å². The largest absolute Gasteiger partial charge is 0.298 e. The van der Waals surface area contributed by atoms with E-state index in [1.165, 1.54) is 12.1 Å². The topological polar surface area (TPSA) is 34.9 Å². The molecular formula is C16H13FN2O. The Morgan fingerprint density at radius 1 is 1.15 bits per heavy atom. The normalized spacial score (nSPS) is 10.8. The van der Waals surface area contributed by atoms with Gasteiger partial charge in [-0.3, -0.25) is 9.48 Å². The van der Waals surface area contributed by atoms with Crippen molar-refractivity contribution in [1.82, 2.24) is 9.78 Å². The highest BCUT2D eigenvalue weighted by atomic mass is 19.1. The molecule has 3 nitrogen and oxygen atoms in total. The number of rotatable bonds is 4. The minimum Gasteiger partial charge on any atom is -0.298 e. The lowest BCUT2D eigenvalue weighted by Crippen LogP contribution is -2.02. The smallest absolute Gasteiger partial charge is 0.150 e. The maximum atomic E-state index is 12.8. The van der Waals surface area contributed by atoms with Crippen LogP contribution >= 0.6 is 0 Å². The highest BCUT2D eigenvalue weighted by Gasteiger charge is 2.04. The Labute approximate surface area is 115 Å². The average Bonchev–Trinajstić information content (AvgIpc) is 2.89. The first-order valence-electron chi connectivity index (χ1n) is 6.41. The minimum atomic E-state index is -0.223. The third-order valence-corrected chi connectivity index (χ3v) is 3.33. The lowest BCUT2D eigenvalue weighted by atomic mass is 10.1. The van der Waals surface area contributed by atoms with E-state index in [2.05, 4.69) is 5.10 Å². The van der Waals surface area contributed by atoms with Gasteiger partial charge in [0.25, 0.3) is 0 Å². The van der Waals surface area contributed by atoms with Gasteiger partial charge in [-0.1, -0.05) is 12.1 Å². The lowest BCUT2D eigenvalue weighted by molar-refractivity contribution is 0.112. The van der Waals surface area contributed by atoms with Crippen LogP contribution in [0.4, 0.5) is 4.39 Å². The molecule has 3 aromatic rings. The van der Waals surface area contributed by atoms with Crippen molar-refractivity contribution in [1.29, 1.82) is 0 Å². The maximum absolute atomic E-state index is 12.8. The van der Waals surface area contributed by atoms with Crippen molar-refractivity contribution in [2.75, 3.05) is 0 Å². The van der Waals surface area contributed by atoms with Gasteiger partial charge >= 0.3 is 0 Å². The van der Waals surface area contributed by atoms with Crippen molar-refractivity contribution in [2.24, 2.45) is 0 Å². The van der Waals surface area contributed by atoms with Gasteiger partial charge in [0.15, 0.2) is 0 Å². The first-order valence-corrected chi connectivity index (χ1v) is 6.41. The van der Waals surface area contributed by atoms with E-state index in [4.69, 9.17) is 0 Å². The highest BCUT2D eigenvalue weighted by molar-refractivity contribution is 5.86. The number of aromatic nitrogens is 2. The van der Waals surface area contributed by atoms with E-state index in [0.29, 0.717) is 5.56 Å². The number of nitrogens with zero attached hydrogens (tertiary/aromatic N) is 2. The quantitative estimate of drug-likeness (QED) is 0.681. The van der Waals surface area contributed by atoms with Gasteiger partial charge in [0.1, 0.15) is 12.1 Å². The Morgan fingerprint density at radius 2 is 1.95 bits per heavy atom. The molecule has 0 aliphatic carbocycles. The van der Waals surface area contributed by atoms with E-state index >= 15 is 0 Å². The van der Waals surface area contributed by atoms with E-state index in [1.54, 1.807) is 24.4 Å². The van der Waals surface area contributed by atoms with Gasteiger partial charge < -0.3 is 0 Å². The number of carbonyl (C=O) groups excluding carboxylic acids is 1. The third kappa shape index (κ3) is 2.45. The summed E-state index contributed by atoms with van der Waals surface area (Å²) in [6, 6.07) is 12.0. The van der Waals surface area contributed by atoms with Crippen LogP contribution in [0.2, 0.25) is 0 Å². The van der Waals surface area contributed by atoms with Crippen LogP contribution in [0, 0.1) is 5.82 Å². The van der Waals surface area contributed by atoms with Crippen LogP contribution < -0.4 is 0 Å². The van der Waals surface area contributed by atoms with Crippen LogP contribution in [0.1, 0.15) is 15.9 Å². The molecule has 0 spiro atoms. The second-order valence-corrected chi connectivity index (χ2v) is 4.68. The molecule has 0 N–H and O–H groups in total. The summed E-state index contributed by atoms with van der Waals surface area (Å²) < 4.78 is 14.7. The van der Waals surface area contributed by atoms with Gasteiger partial charge in [-0.15, -0.1) is 0 Å². The predicted octanol–water partition coefficient (Wildman–Crippen LogP) is 3.23. The second-order valence-electron chi connectivity index (χ2n) is 4.68. The second kappa shape index (κ2) is 5.25. The van der Waals surface area contributed by atoms with Crippen molar-refractivity contribution in [3.63, 3.8) is 0 Å². The fourth-order valence-corrected chi connectivity index (χ4v) is 2.24. The van der Waals surface area contributed by atoms with Crippen molar-refractivity contribution in [2.45, 2.75) is 13.0 Å². The first kappa shape index (κ1) is 12.5. The Morgan fingerprint density at radius 3 is 2.70 bits per heavy atom. The number of benzene rings is 2. The molecule has 0 fully saturated rings. The van der Waals surface area contributed by atoms with Crippen LogP contribution in [0.15, 0.2) is 48.7 Å². The molecule has 0 bridgehead atoms. The number of aryl methyl sites for hydroxylation is 2. The Bertz CT molecular complexity index is 747. The van der Waals surface area contributed by atoms with Crippen molar-refractivity contribution in [3.05, 3.63) is 65.6 Å². The summed E-state index contributed by atoms with van der Waals surface area (Å²) in [7, 11) is 0. The van der Waals surface area contributed by atoms with Gasteiger partial charge in [-0.2, -0.15) is 5.10 Å². The molecule has 3 rings (SSSR count). The fourth-order valence-electron chi connectivity index (χ4n) is 2.24. The van der Waals surface area contributed by atoms with Gasteiger partial charge in [0.05, 0.1) is 11.7 Å². The molecule has 0 unspecified atom stereocenters. The van der Waals surface area contributed by atoms with Gasteiger partial charge in [0, 0.05) is 17.5 Å². The van der Waals surface area contributed by atoms with E-state index < -0.39 is 0 Å². The van der Waals surface area contributed by atoms with Crippen LogP contribution in [0.5, 0.6) is 0 Å². The highest BCUT2D eigenvalue weighted by Crippen LogP contribution is 2.15. The minimum absolute atomic E-state index is 0.223. The zero-order valence-corrected chi connectivity index (χ0v) is 10.8. The van der Waals surface area contributed by atoms with E-state index in [-0.39, 0.29) is 5.82 Å². The van der Waals surface area contributed by atoms with E-state index in [0.717, 1.165) is 35.7 Å². The van der Waals surface area contributed by atoms with Gasteiger partial charge in [-0.25, -0.2) is 4.39 Å².